The van der Waals surface area contributed by atoms with Gasteiger partial charge in [0.1, 0.15) is 0 Å². The highest BCUT2D eigenvalue weighted by Gasteiger charge is 2.01. The zero-order valence-electron chi connectivity index (χ0n) is 14.2. The first kappa shape index (κ1) is 33.4. The molecule has 0 amide bonds. The zero-order valence-corrected chi connectivity index (χ0v) is 14.2. The van der Waals surface area contributed by atoms with E-state index in [1.165, 1.54) is 0 Å². The van der Waals surface area contributed by atoms with E-state index in [4.69, 9.17) is 24.4 Å². The number of ether oxygens (including phenoxy) is 3. The van der Waals surface area contributed by atoms with Gasteiger partial charge in [0.2, 0.25) is 0 Å². The summed E-state index contributed by atoms with van der Waals surface area (Å²) >= 11 is 0. The lowest BCUT2D eigenvalue weighted by atomic mass is 10.1. The van der Waals surface area contributed by atoms with Crippen LogP contribution in [0.2, 0.25) is 0 Å². The second kappa shape index (κ2) is 32.7. The molecule has 2 N–H and O–H groups in total. The van der Waals surface area contributed by atoms with E-state index in [9.17, 15) is 0 Å². The van der Waals surface area contributed by atoms with Crippen LogP contribution >= 0.6 is 0 Å². The van der Waals surface area contributed by atoms with Gasteiger partial charge in [-0.2, -0.15) is 0 Å². The molecular formula is C17H44O5. The first-order valence-corrected chi connectivity index (χ1v) is 7.33. The van der Waals surface area contributed by atoms with Gasteiger partial charge in [-0.15, -0.1) is 0 Å². The highest BCUT2D eigenvalue weighted by Crippen LogP contribution is 1.99. The van der Waals surface area contributed by atoms with Gasteiger partial charge in [0.05, 0.1) is 19.3 Å². The molecule has 0 aromatic carbocycles. The van der Waals surface area contributed by atoms with Crippen LogP contribution in [0.15, 0.2) is 0 Å². The summed E-state index contributed by atoms with van der Waals surface area (Å²) in [6.45, 7) is 8.04. The number of methoxy groups -OCH3 is 3. The summed E-state index contributed by atoms with van der Waals surface area (Å²) in [6.07, 6.45) is 3.04. The van der Waals surface area contributed by atoms with Gasteiger partial charge in [-0.1, -0.05) is 35.6 Å². The van der Waals surface area contributed by atoms with Crippen molar-refractivity contribution in [3.05, 3.63) is 0 Å². The third-order valence-corrected chi connectivity index (χ3v) is 2.64. The smallest absolute Gasteiger partial charge is 0.0799 e. The van der Waals surface area contributed by atoms with E-state index in [0.29, 0.717) is 12.5 Å². The van der Waals surface area contributed by atoms with Crippen LogP contribution in [0, 0.1) is 5.92 Å². The molecule has 5 heteroatoms. The lowest BCUT2D eigenvalue weighted by Gasteiger charge is -2.07. The quantitative estimate of drug-likeness (QED) is 0.679. The standard InChI is InChI=1S/C6H14O2.C5H12O2.C4H10O.2CH4/c1-3-6(4-7)5-8-2;1-3-5(4-6)7-2;1-3-4-5-2;;/h6-7H,3-5H2,1-2H3;5-6H,3-4H2,1-2H3;3-4H2,1-2H3;2*1H4. The van der Waals surface area contributed by atoms with Crippen molar-refractivity contribution in [2.75, 3.05) is 47.8 Å². The van der Waals surface area contributed by atoms with E-state index in [1.807, 2.05) is 13.8 Å². The molecule has 0 spiro atoms. The number of rotatable bonds is 9. The average Bonchev–Trinajstić information content (AvgIpc) is 2.49. The van der Waals surface area contributed by atoms with Crippen LogP contribution in [0.25, 0.3) is 0 Å². The van der Waals surface area contributed by atoms with Crippen molar-refractivity contribution in [3.8, 4) is 0 Å². The zero-order chi connectivity index (χ0) is 16.2. The summed E-state index contributed by atoms with van der Waals surface area (Å²) in [5.41, 5.74) is 0. The molecule has 22 heavy (non-hydrogen) atoms. The van der Waals surface area contributed by atoms with E-state index >= 15 is 0 Å². The van der Waals surface area contributed by atoms with Gasteiger partial charge in [0, 0.05) is 40.5 Å². The van der Waals surface area contributed by atoms with Crippen molar-refractivity contribution in [3.63, 3.8) is 0 Å². The molecule has 0 aliphatic carbocycles. The molecule has 0 radical (unpaired) electrons. The fraction of sp³-hybridized carbons (Fsp3) is 1.00. The Balaban J connectivity index is -0.0000000643. The third-order valence-electron chi connectivity index (χ3n) is 2.64. The Labute approximate surface area is 140 Å². The third kappa shape index (κ3) is 31.9. The van der Waals surface area contributed by atoms with E-state index < -0.39 is 0 Å². The normalized spacial score (nSPS) is 11.5. The first-order valence-electron chi connectivity index (χ1n) is 7.33. The van der Waals surface area contributed by atoms with E-state index in [-0.39, 0.29) is 34.2 Å². The SMILES string of the molecule is C.C.CCC(CO)COC.CCC(CO)OC.CCCOC. The monoisotopic (exact) mass is 328 g/mol. The fourth-order valence-corrected chi connectivity index (χ4v) is 1.11. The summed E-state index contributed by atoms with van der Waals surface area (Å²) in [5.74, 6) is 0.333. The average molecular weight is 329 g/mol. The number of hydrogen-bond donors (Lipinski definition) is 2. The number of aliphatic hydroxyl groups excluding tert-OH is 2. The molecule has 142 valence electrons. The van der Waals surface area contributed by atoms with Crippen LogP contribution in [-0.4, -0.2) is 64.1 Å². The molecule has 0 rings (SSSR count). The van der Waals surface area contributed by atoms with Crippen molar-refractivity contribution in [2.45, 2.75) is 61.0 Å². The summed E-state index contributed by atoms with van der Waals surface area (Å²) in [5, 5.41) is 17.0. The Hall–Kier alpha value is -0.200. The van der Waals surface area contributed by atoms with Gasteiger partial charge in [-0.3, -0.25) is 0 Å². The van der Waals surface area contributed by atoms with Gasteiger partial charge < -0.3 is 24.4 Å². The van der Waals surface area contributed by atoms with E-state index in [1.54, 1.807) is 21.3 Å². The Morgan fingerprint density at radius 1 is 0.818 bits per heavy atom. The summed E-state index contributed by atoms with van der Waals surface area (Å²) < 4.78 is 14.3. The largest absolute Gasteiger partial charge is 0.396 e. The van der Waals surface area contributed by atoms with Crippen molar-refractivity contribution in [2.24, 2.45) is 5.92 Å². The van der Waals surface area contributed by atoms with Crippen molar-refractivity contribution in [1.82, 2.24) is 0 Å². The van der Waals surface area contributed by atoms with Crippen LogP contribution in [-0.2, 0) is 14.2 Å². The molecule has 0 fully saturated rings. The molecule has 0 aromatic heterocycles. The van der Waals surface area contributed by atoms with E-state index in [2.05, 4.69) is 6.92 Å². The van der Waals surface area contributed by atoms with Gasteiger partial charge in [-0.25, -0.2) is 0 Å². The predicted molar refractivity (Wildman–Crippen MR) is 96.5 cm³/mol. The van der Waals surface area contributed by atoms with Gasteiger partial charge in [0.25, 0.3) is 0 Å². The maximum atomic E-state index is 8.58. The van der Waals surface area contributed by atoms with Crippen molar-refractivity contribution >= 4 is 0 Å². The van der Waals surface area contributed by atoms with Crippen LogP contribution in [0.5, 0.6) is 0 Å². The van der Waals surface area contributed by atoms with Crippen LogP contribution in [0.1, 0.15) is 54.9 Å². The highest BCUT2D eigenvalue weighted by atomic mass is 16.5. The molecule has 0 bridgehead atoms. The Kier molecular flexibility index (Phi) is 49.6. The molecular weight excluding hydrogens is 284 g/mol. The minimum Gasteiger partial charge on any atom is -0.396 e. The molecule has 0 aliphatic rings. The second-order valence-electron chi connectivity index (χ2n) is 4.35. The fourth-order valence-electron chi connectivity index (χ4n) is 1.11. The molecule has 0 saturated carbocycles. The maximum Gasteiger partial charge on any atom is 0.0799 e. The Morgan fingerprint density at radius 2 is 1.36 bits per heavy atom. The summed E-state index contributed by atoms with van der Waals surface area (Å²) in [6, 6.07) is 0. The number of aliphatic hydroxyl groups is 2. The first-order chi connectivity index (χ1) is 9.61. The molecule has 0 saturated heterocycles. The second-order valence-corrected chi connectivity index (χ2v) is 4.35. The van der Waals surface area contributed by atoms with Crippen LogP contribution < -0.4 is 0 Å². The minimum absolute atomic E-state index is 0. The van der Waals surface area contributed by atoms with Crippen LogP contribution in [0.4, 0.5) is 0 Å². The summed E-state index contributed by atoms with van der Waals surface area (Å²) in [4.78, 5) is 0. The highest BCUT2D eigenvalue weighted by molar-refractivity contribution is 4.50. The Bertz CT molecular complexity index is 130. The van der Waals surface area contributed by atoms with Crippen LogP contribution in [0.3, 0.4) is 0 Å². The Morgan fingerprint density at radius 3 is 1.41 bits per heavy atom. The molecule has 2 unspecified atom stereocenters. The predicted octanol–water partition coefficient (Wildman–Crippen LogP) is 3.37. The van der Waals surface area contributed by atoms with Crippen molar-refractivity contribution in [1.29, 1.82) is 0 Å². The molecule has 0 heterocycles. The molecule has 0 aromatic rings. The van der Waals surface area contributed by atoms with Gasteiger partial charge in [0.15, 0.2) is 0 Å². The molecule has 5 nitrogen and oxygen atoms in total. The van der Waals surface area contributed by atoms with Gasteiger partial charge in [-0.05, 0) is 19.3 Å². The molecule has 0 aliphatic heterocycles. The minimum atomic E-state index is 0. The van der Waals surface area contributed by atoms with Gasteiger partial charge >= 0.3 is 0 Å². The number of hydrogen-bond acceptors (Lipinski definition) is 5. The lowest BCUT2D eigenvalue weighted by molar-refractivity contribution is 0.0467. The topological polar surface area (TPSA) is 68.2 Å². The lowest BCUT2D eigenvalue weighted by Crippen LogP contribution is -2.13. The maximum absolute atomic E-state index is 8.58. The summed E-state index contributed by atoms with van der Waals surface area (Å²) in [7, 11) is 4.96. The van der Waals surface area contributed by atoms with E-state index in [0.717, 1.165) is 25.9 Å². The molecule has 2 atom stereocenters. The van der Waals surface area contributed by atoms with Crippen molar-refractivity contribution < 1.29 is 24.4 Å².